The largest absolute Gasteiger partial charge is 0.456 e. The molecule has 0 aromatic heterocycles. The molecule has 0 amide bonds. The van der Waals surface area contributed by atoms with Gasteiger partial charge in [-0.1, -0.05) is 15.9 Å². The van der Waals surface area contributed by atoms with Crippen molar-refractivity contribution in [2.45, 2.75) is 43.3 Å². The van der Waals surface area contributed by atoms with Crippen molar-refractivity contribution < 1.29 is 23.8 Å². The Labute approximate surface area is 89.5 Å². The first-order valence-electron chi connectivity index (χ1n) is 4.22. The van der Waals surface area contributed by atoms with Crippen molar-refractivity contribution in [2.24, 2.45) is 0 Å². The van der Waals surface area contributed by atoms with Crippen molar-refractivity contribution in [2.75, 3.05) is 0 Å². The number of alkyl halides is 2. The van der Waals surface area contributed by atoms with Crippen LogP contribution in [-0.2, 0) is 14.3 Å². The number of hydrogen-bond acceptors (Lipinski definition) is 4. The quantitative estimate of drug-likeness (QED) is 0.565. The monoisotopic (exact) mass is 270 g/mol. The maximum absolute atomic E-state index is 13.4. The molecule has 0 radical (unpaired) electrons. The van der Waals surface area contributed by atoms with Gasteiger partial charge in [-0.15, -0.1) is 0 Å². The van der Waals surface area contributed by atoms with Crippen LogP contribution in [0.3, 0.4) is 0 Å². The number of halogens is 2. The van der Waals surface area contributed by atoms with Gasteiger partial charge in [0, 0.05) is 6.92 Å². The molecule has 0 bridgehead atoms. The van der Waals surface area contributed by atoms with Gasteiger partial charge in [0.25, 0.3) is 0 Å². The van der Waals surface area contributed by atoms with Crippen LogP contribution in [0.2, 0.25) is 0 Å². The van der Waals surface area contributed by atoms with Crippen molar-refractivity contribution in [1.82, 2.24) is 0 Å². The Morgan fingerprint density at radius 3 is 2.71 bits per heavy atom. The van der Waals surface area contributed by atoms with Crippen LogP contribution in [-0.4, -0.2) is 40.6 Å². The van der Waals surface area contributed by atoms with Gasteiger partial charge in [-0.2, -0.15) is 0 Å². The Hall–Kier alpha value is -0.200. The highest BCUT2D eigenvalue weighted by atomic mass is 79.9. The van der Waals surface area contributed by atoms with E-state index in [1.165, 1.54) is 6.92 Å². The average Bonchev–Trinajstić information content (AvgIpc) is 2.09. The highest BCUT2D eigenvalue weighted by Gasteiger charge is 2.45. The molecule has 4 nitrogen and oxygen atoms in total. The molecule has 14 heavy (non-hydrogen) atoms. The van der Waals surface area contributed by atoms with Gasteiger partial charge in [-0.3, -0.25) is 4.79 Å². The normalized spacial score (nSPS) is 43.4. The summed E-state index contributed by atoms with van der Waals surface area (Å²) in [5, 5.41) is 8.66. The third-order valence-corrected chi connectivity index (χ3v) is 2.75. The zero-order valence-electron chi connectivity index (χ0n) is 7.81. The first-order chi connectivity index (χ1) is 6.43. The average molecular weight is 271 g/mol. The molecule has 1 heterocycles. The summed E-state index contributed by atoms with van der Waals surface area (Å²) in [6.07, 6.45) is -4.44. The lowest BCUT2D eigenvalue weighted by Crippen LogP contribution is -2.54. The molecule has 0 saturated carbocycles. The molecule has 0 aliphatic carbocycles. The highest BCUT2D eigenvalue weighted by Crippen LogP contribution is 2.28. The molecule has 1 unspecified atom stereocenters. The molecule has 6 heteroatoms. The van der Waals surface area contributed by atoms with Crippen molar-refractivity contribution in [3.8, 4) is 0 Å². The Morgan fingerprint density at radius 2 is 2.21 bits per heavy atom. The lowest BCUT2D eigenvalue weighted by molar-refractivity contribution is -0.195. The first kappa shape index (κ1) is 11.9. The second-order valence-corrected chi connectivity index (χ2v) is 4.10. The predicted molar refractivity (Wildman–Crippen MR) is 49.7 cm³/mol. The van der Waals surface area contributed by atoms with E-state index in [1.807, 2.05) is 0 Å². The van der Waals surface area contributed by atoms with E-state index in [1.54, 1.807) is 6.92 Å². The van der Waals surface area contributed by atoms with Crippen LogP contribution in [0.1, 0.15) is 13.8 Å². The number of hydrogen-bond donors (Lipinski definition) is 1. The molecule has 82 valence electrons. The molecule has 5 atom stereocenters. The fourth-order valence-electron chi connectivity index (χ4n) is 1.29. The number of esters is 1. The molecule has 0 spiro atoms. The predicted octanol–water partition coefficient (Wildman–Crippen LogP) is 0.757. The van der Waals surface area contributed by atoms with Gasteiger partial charge in [-0.05, 0) is 6.92 Å². The third kappa shape index (κ3) is 2.43. The first-order valence-corrected chi connectivity index (χ1v) is 5.14. The van der Waals surface area contributed by atoms with Crippen LogP contribution in [0, 0.1) is 0 Å². The number of rotatable bonds is 1. The lowest BCUT2D eigenvalue weighted by Gasteiger charge is -2.37. The summed E-state index contributed by atoms with van der Waals surface area (Å²) in [7, 11) is 0. The SMILES string of the molecule is CC(=O)O[C@@H]1[C@H](O)[C@H](C)OC(Br)[C@H]1F. The number of carbonyl (C=O) groups is 1. The lowest BCUT2D eigenvalue weighted by atomic mass is 10.0. The van der Waals surface area contributed by atoms with Crippen LogP contribution in [0.15, 0.2) is 0 Å². The van der Waals surface area contributed by atoms with E-state index in [4.69, 9.17) is 4.74 Å². The summed E-state index contributed by atoms with van der Waals surface area (Å²) in [6.45, 7) is 2.75. The Morgan fingerprint density at radius 1 is 1.64 bits per heavy atom. The zero-order chi connectivity index (χ0) is 10.9. The van der Waals surface area contributed by atoms with Gasteiger partial charge in [-0.25, -0.2) is 4.39 Å². The van der Waals surface area contributed by atoms with Gasteiger partial charge in [0.2, 0.25) is 0 Å². The summed E-state index contributed by atoms with van der Waals surface area (Å²) in [5.41, 5.74) is 0. The maximum Gasteiger partial charge on any atom is 0.303 e. The van der Waals surface area contributed by atoms with Crippen LogP contribution in [0.25, 0.3) is 0 Å². The number of carbonyl (C=O) groups excluding carboxylic acids is 1. The Balaban J connectivity index is 2.71. The molecule has 1 N–H and O–H groups in total. The van der Waals surface area contributed by atoms with Crippen LogP contribution in [0.5, 0.6) is 0 Å². The van der Waals surface area contributed by atoms with Gasteiger partial charge >= 0.3 is 5.97 Å². The van der Waals surface area contributed by atoms with Gasteiger partial charge in [0.05, 0.1) is 6.10 Å². The maximum atomic E-state index is 13.4. The van der Waals surface area contributed by atoms with Crippen molar-refractivity contribution in [1.29, 1.82) is 0 Å². The Bertz CT molecular complexity index is 211. The molecule has 1 aliphatic heterocycles. The minimum absolute atomic E-state index is 0.573. The van der Waals surface area contributed by atoms with Crippen molar-refractivity contribution in [3.63, 3.8) is 0 Å². The fourth-order valence-corrected chi connectivity index (χ4v) is 1.93. The van der Waals surface area contributed by atoms with E-state index < -0.39 is 35.5 Å². The fraction of sp³-hybridized carbons (Fsp3) is 0.875. The van der Waals surface area contributed by atoms with E-state index in [-0.39, 0.29) is 0 Å². The summed E-state index contributed by atoms with van der Waals surface area (Å²) in [6, 6.07) is 0. The summed E-state index contributed by atoms with van der Waals surface area (Å²) in [5.74, 6) is -0.620. The minimum Gasteiger partial charge on any atom is -0.456 e. The van der Waals surface area contributed by atoms with E-state index in [9.17, 15) is 14.3 Å². The molecule has 0 aromatic carbocycles. The molecular formula is C8H12BrFO4. The second-order valence-electron chi connectivity index (χ2n) is 3.20. The van der Waals surface area contributed by atoms with Gasteiger partial charge in [0.15, 0.2) is 12.3 Å². The molecule has 1 aliphatic rings. The zero-order valence-corrected chi connectivity index (χ0v) is 9.40. The van der Waals surface area contributed by atoms with Crippen LogP contribution >= 0.6 is 15.9 Å². The van der Waals surface area contributed by atoms with E-state index in [2.05, 4.69) is 20.7 Å². The van der Waals surface area contributed by atoms with E-state index in [0.717, 1.165) is 0 Å². The standard InChI is InChI=1S/C8H12BrFO4/c1-3-6(12)7(14-4(2)11)5(10)8(9)13-3/h3,5-8,12H,1-2H3/t3-,5-,6+,7-,8?/m0/s1. The number of aliphatic hydroxyl groups is 1. The summed E-state index contributed by atoms with van der Waals surface area (Å²) >= 11 is 2.95. The van der Waals surface area contributed by atoms with E-state index >= 15 is 0 Å². The molecule has 1 fully saturated rings. The van der Waals surface area contributed by atoms with E-state index in [0.29, 0.717) is 0 Å². The molecule has 1 rings (SSSR count). The topological polar surface area (TPSA) is 55.8 Å². The molecular weight excluding hydrogens is 259 g/mol. The van der Waals surface area contributed by atoms with Gasteiger partial charge < -0.3 is 14.6 Å². The van der Waals surface area contributed by atoms with Crippen molar-refractivity contribution in [3.05, 3.63) is 0 Å². The number of ether oxygens (including phenoxy) is 2. The Kier molecular flexibility index (Phi) is 3.86. The van der Waals surface area contributed by atoms with Crippen molar-refractivity contribution >= 4 is 21.9 Å². The van der Waals surface area contributed by atoms with Gasteiger partial charge in [0.1, 0.15) is 11.1 Å². The third-order valence-electron chi connectivity index (χ3n) is 2.03. The van der Waals surface area contributed by atoms with Crippen LogP contribution < -0.4 is 0 Å². The highest BCUT2D eigenvalue weighted by molar-refractivity contribution is 9.09. The summed E-state index contributed by atoms with van der Waals surface area (Å²) < 4.78 is 23.1. The minimum atomic E-state index is -1.56. The molecule has 0 aromatic rings. The summed E-state index contributed by atoms with van der Waals surface area (Å²) in [4.78, 5) is 10.7. The molecule has 1 saturated heterocycles. The van der Waals surface area contributed by atoms with Crippen LogP contribution in [0.4, 0.5) is 4.39 Å². The second kappa shape index (κ2) is 4.55. The smallest absolute Gasteiger partial charge is 0.303 e. The number of aliphatic hydroxyl groups excluding tert-OH is 1.